The monoisotopic (exact) mass is 244 g/mol. The molecule has 4 heteroatoms. The van der Waals surface area contributed by atoms with Gasteiger partial charge in [-0.2, -0.15) is 0 Å². The van der Waals surface area contributed by atoms with Crippen molar-refractivity contribution in [1.82, 2.24) is 10.2 Å². The molecule has 0 atom stereocenters. The van der Waals surface area contributed by atoms with Gasteiger partial charge in [0.05, 0.1) is 6.10 Å². The summed E-state index contributed by atoms with van der Waals surface area (Å²) in [5.74, 6) is 0. The first kappa shape index (κ1) is 14.9. The SMILES string of the molecule is COCCCN(C)CCCOC1CCNCC1. The molecule has 0 aromatic rings. The molecule has 0 aromatic carbocycles. The average Bonchev–Trinajstić information content (AvgIpc) is 2.36. The zero-order valence-corrected chi connectivity index (χ0v) is 11.4. The Labute approximate surface area is 106 Å². The van der Waals surface area contributed by atoms with E-state index in [1.807, 2.05) is 0 Å². The molecule has 1 N–H and O–H groups in total. The second kappa shape index (κ2) is 9.83. The van der Waals surface area contributed by atoms with Crippen molar-refractivity contribution in [1.29, 1.82) is 0 Å². The molecule has 4 nitrogen and oxygen atoms in total. The summed E-state index contributed by atoms with van der Waals surface area (Å²) >= 11 is 0. The lowest BCUT2D eigenvalue weighted by molar-refractivity contribution is 0.0284. The molecule has 1 fully saturated rings. The van der Waals surface area contributed by atoms with E-state index in [2.05, 4.69) is 17.3 Å². The Morgan fingerprint density at radius 3 is 2.41 bits per heavy atom. The standard InChI is InChI=1S/C13H28N2O2/c1-15(9-3-11-16-2)10-4-12-17-13-5-7-14-8-6-13/h13-14H,3-12H2,1-2H3. The number of hydrogen-bond donors (Lipinski definition) is 1. The molecule has 0 radical (unpaired) electrons. The van der Waals surface area contributed by atoms with Crippen molar-refractivity contribution in [3.63, 3.8) is 0 Å². The van der Waals surface area contributed by atoms with Crippen molar-refractivity contribution in [3.05, 3.63) is 0 Å². The topological polar surface area (TPSA) is 33.7 Å². The van der Waals surface area contributed by atoms with Crippen molar-refractivity contribution in [3.8, 4) is 0 Å². The molecule has 0 bridgehead atoms. The maximum atomic E-state index is 5.87. The van der Waals surface area contributed by atoms with Crippen molar-refractivity contribution in [2.24, 2.45) is 0 Å². The fourth-order valence-electron chi connectivity index (χ4n) is 2.14. The molecule has 102 valence electrons. The molecule has 1 heterocycles. The molecular weight excluding hydrogens is 216 g/mol. The summed E-state index contributed by atoms with van der Waals surface area (Å²) in [6.07, 6.45) is 5.08. The highest BCUT2D eigenvalue weighted by atomic mass is 16.5. The number of rotatable bonds is 9. The summed E-state index contributed by atoms with van der Waals surface area (Å²) in [5, 5.41) is 3.35. The largest absolute Gasteiger partial charge is 0.385 e. The summed E-state index contributed by atoms with van der Waals surface area (Å²) in [6.45, 7) is 6.22. The molecule has 0 amide bonds. The van der Waals surface area contributed by atoms with E-state index in [1.165, 1.54) is 12.8 Å². The lowest BCUT2D eigenvalue weighted by atomic mass is 10.1. The molecule has 17 heavy (non-hydrogen) atoms. The van der Waals surface area contributed by atoms with Gasteiger partial charge in [-0.15, -0.1) is 0 Å². The normalized spacial score (nSPS) is 17.8. The highest BCUT2D eigenvalue weighted by Gasteiger charge is 2.12. The third-order valence-corrected chi connectivity index (χ3v) is 3.21. The third-order valence-electron chi connectivity index (χ3n) is 3.21. The Morgan fingerprint density at radius 1 is 1.12 bits per heavy atom. The van der Waals surface area contributed by atoms with E-state index in [4.69, 9.17) is 9.47 Å². The van der Waals surface area contributed by atoms with Crippen molar-refractivity contribution >= 4 is 0 Å². The van der Waals surface area contributed by atoms with Crippen LogP contribution in [0, 0.1) is 0 Å². The third kappa shape index (κ3) is 7.71. The Hall–Kier alpha value is -0.160. The number of hydrogen-bond acceptors (Lipinski definition) is 4. The average molecular weight is 244 g/mol. The fraction of sp³-hybridized carbons (Fsp3) is 1.00. The zero-order chi connectivity index (χ0) is 12.3. The van der Waals surface area contributed by atoms with E-state index in [-0.39, 0.29) is 0 Å². The lowest BCUT2D eigenvalue weighted by Gasteiger charge is -2.23. The van der Waals surface area contributed by atoms with Crippen LogP contribution in [0.2, 0.25) is 0 Å². The number of nitrogens with one attached hydrogen (secondary N) is 1. The molecule has 1 saturated heterocycles. The van der Waals surface area contributed by atoms with E-state index < -0.39 is 0 Å². The van der Waals surface area contributed by atoms with Gasteiger partial charge in [0.2, 0.25) is 0 Å². The van der Waals surface area contributed by atoms with Crippen LogP contribution < -0.4 is 5.32 Å². The lowest BCUT2D eigenvalue weighted by Crippen LogP contribution is -2.33. The van der Waals surface area contributed by atoms with Gasteiger partial charge >= 0.3 is 0 Å². The predicted molar refractivity (Wildman–Crippen MR) is 70.5 cm³/mol. The van der Waals surface area contributed by atoms with Gasteiger partial charge in [0.1, 0.15) is 0 Å². The molecule has 0 aromatic heterocycles. The van der Waals surface area contributed by atoms with E-state index in [9.17, 15) is 0 Å². The molecule has 1 aliphatic rings. The molecule has 0 saturated carbocycles. The number of nitrogens with zero attached hydrogens (tertiary/aromatic N) is 1. The van der Waals surface area contributed by atoms with E-state index >= 15 is 0 Å². The Bertz CT molecular complexity index is 173. The van der Waals surface area contributed by atoms with Crippen LogP contribution in [-0.4, -0.2) is 64.6 Å². The van der Waals surface area contributed by atoms with Gasteiger partial charge in [0.15, 0.2) is 0 Å². The first-order valence-corrected chi connectivity index (χ1v) is 6.82. The Kier molecular flexibility index (Phi) is 8.61. The molecule has 0 aliphatic carbocycles. The van der Waals surface area contributed by atoms with Crippen molar-refractivity contribution in [2.75, 3.05) is 53.6 Å². The first-order valence-electron chi connectivity index (χ1n) is 6.82. The number of ether oxygens (including phenoxy) is 2. The van der Waals surface area contributed by atoms with E-state index in [0.717, 1.165) is 52.2 Å². The summed E-state index contributed by atoms with van der Waals surface area (Å²) in [7, 11) is 3.92. The minimum atomic E-state index is 0.495. The van der Waals surface area contributed by atoms with Crippen molar-refractivity contribution in [2.45, 2.75) is 31.8 Å². The van der Waals surface area contributed by atoms with Crippen LogP contribution in [0.15, 0.2) is 0 Å². The first-order chi connectivity index (χ1) is 8.33. The summed E-state index contributed by atoms with van der Waals surface area (Å²) in [5.41, 5.74) is 0. The molecule has 1 rings (SSSR count). The quantitative estimate of drug-likeness (QED) is 0.616. The maximum Gasteiger partial charge on any atom is 0.0599 e. The van der Waals surface area contributed by atoms with Crippen LogP contribution in [0.25, 0.3) is 0 Å². The number of methoxy groups -OCH3 is 1. The molecular formula is C13H28N2O2. The predicted octanol–water partition coefficient (Wildman–Crippen LogP) is 1.11. The van der Waals surface area contributed by atoms with E-state index in [0.29, 0.717) is 6.10 Å². The van der Waals surface area contributed by atoms with Crippen LogP contribution in [-0.2, 0) is 9.47 Å². The van der Waals surface area contributed by atoms with Crippen LogP contribution in [0.3, 0.4) is 0 Å². The highest BCUT2D eigenvalue weighted by molar-refractivity contribution is 4.68. The minimum Gasteiger partial charge on any atom is -0.385 e. The molecule has 1 aliphatic heterocycles. The summed E-state index contributed by atoms with van der Waals surface area (Å²) in [6, 6.07) is 0. The van der Waals surface area contributed by atoms with Gasteiger partial charge in [-0.1, -0.05) is 0 Å². The second-order valence-electron chi connectivity index (χ2n) is 4.82. The summed E-state index contributed by atoms with van der Waals surface area (Å²) in [4.78, 5) is 2.35. The van der Waals surface area contributed by atoms with Crippen LogP contribution >= 0.6 is 0 Å². The van der Waals surface area contributed by atoms with Gasteiger partial charge in [-0.25, -0.2) is 0 Å². The smallest absolute Gasteiger partial charge is 0.0599 e. The van der Waals surface area contributed by atoms with Crippen LogP contribution in [0.1, 0.15) is 25.7 Å². The van der Waals surface area contributed by atoms with Gasteiger partial charge in [0.25, 0.3) is 0 Å². The van der Waals surface area contributed by atoms with Crippen molar-refractivity contribution < 1.29 is 9.47 Å². The molecule has 0 spiro atoms. The fourth-order valence-corrected chi connectivity index (χ4v) is 2.14. The summed E-state index contributed by atoms with van der Waals surface area (Å²) < 4.78 is 10.9. The van der Waals surface area contributed by atoms with Gasteiger partial charge in [-0.3, -0.25) is 0 Å². The van der Waals surface area contributed by atoms with Gasteiger partial charge in [0, 0.05) is 33.4 Å². The van der Waals surface area contributed by atoms with Gasteiger partial charge in [-0.05, 0) is 45.8 Å². The zero-order valence-electron chi connectivity index (χ0n) is 11.4. The minimum absolute atomic E-state index is 0.495. The Morgan fingerprint density at radius 2 is 1.76 bits per heavy atom. The van der Waals surface area contributed by atoms with Crippen LogP contribution in [0.4, 0.5) is 0 Å². The molecule has 0 unspecified atom stereocenters. The highest BCUT2D eigenvalue weighted by Crippen LogP contribution is 2.07. The van der Waals surface area contributed by atoms with E-state index in [1.54, 1.807) is 7.11 Å². The maximum absolute atomic E-state index is 5.87. The van der Waals surface area contributed by atoms with Crippen LogP contribution in [0.5, 0.6) is 0 Å². The number of piperidine rings is 1. The van der Waals surface area contributed by atoms with Gasteiger partial charge < -0.3 is 19.7 Å². The Balaban J connectivity index is 1.88. The second-order valence-corrected chi connectivity index (χ2v) is 4.82.